The Balaban J connectivity index is 1.22. The predicted molar refractivity (Wildman–Crippen MR) is 240 cm³/mol. The third-order valence-corrected chi connectivity index (χ3v) is 12.0. The number of para-hydroxylation sites is 1. The van der Waals surface area contributed by atoms with Crippen LogP contribution < -0.4 is 4.90 Å². The lowest BCUT2D eigenvalue weighted by Gasteiger charge is -2.30. The van der Waals surface area contributed by atoms with Gasteiger partial charge in [-0.1, -0.05) is 166 Å². The number of hydrogen-bond acceptors (Lipinski definition) is 2. The second-order valence-corrected chi connectivity index (χ2v) is 15.7. The molecule has 2 heteroatoms. The van der Waals surface area contributed by atoms with Crippen LogP contribution in [-0.4, -0.2) is 0 Å². The van der Waals surface area contributed by atoms with E-state index in [0.29, 0.717) is 0 Å². The lowest BCUT2D eigenvalue weighted by atomic mass is 9.82. The molecule has 11 rings (SSSR count). The van der Waals surface area contributed by atoms with Crippen molar-refractivity contribution in [3.63, 3.8) is 0 Å². The first-order chi connectivity index (χ1) is 28.0. The van der Waals surface area contributed by atoms with E-state index in [1.807, 2.05) is 0 Å². The molecule has 0 bridgehead atoms. The summed E-state index contributed by atoms with van der Waals surface area (Å²) in [6, 6.07) is 72.8. The van der Waals surface area contributed by atoms with Gasteiger partial charge in [0.1, 0.15) is 11.2 Å². The summed E-state index contributed by atoms with van der Waals surface area (Å²) in [5, 5.41) is 4.61. The molecule has 0 radical (unpaired) electrons. The second-order valence-electron chi connectivity index (χ2n) is 15.7. The van der Waals surface area contributed by atoms with Crippen molar-refractivity contribution >= 4 is 49.8 Å². The number of fused-ring (bicyclic) bond motifs is 7. The minimum absolute atomic E-state index is 0.159. The van der Waals surface area contributed by atoms with Crippen molar-refractivity contribution in [2.24, 2.45) is 0 Å². The molecule has 0 aliphatic heterocycles. The van der Waals surface area contributed by atoms with Crippen LogP contribution in [0.3, 0.4) is 0 Å². The molecule has 0 saturated heterocycles. The van der Waals surface area contributed by atoms with Gasteiger partial charge in [0, 0.05) is 38.7 Å². The van der Waals surface area contributed by atoms with Gasteiger partial charge in [-0.05, 0) is 104 Å². The number of nitrogens with zero attached hydrogens (tertiary/aromatic N) is 1. The van der Waals surface area contributed by atoms with Crippen molar-refractivity contribution in [1.29, 1.82) is 0 Å². The van der Waals surface area contributed by atoms with Gasteiger partial charge in [0.2, 0.25) is 0 Å². The highest BCUT2D eigenvalue weighted by molar-refractivity contribution is 6.12. The molecule has 0 N–H and O–H groups in total. The Morgan fingerprint density at radius 2 is 1.07 bits per heavy atom. The highest BCUT2D eigenvalue weighted by Gasteiger charge is 2.36. The normalized spacial score (nSPS) is 12.9. The second kappa shape index (κ2) is 13.0. The van der Waals surface area contributed by atoms with Crippen LogP contribution in [0.25, 0.3) is 77.2 Å². The maximum absolute atomic E-state index is 6.76. The molecule has 0 amide bonds. The van der Waals surface area contributed by atoms with Crippen LogP contribution in [0.4, 0.5) is 17.1 Å². The van der Waals surface area contributed by atoms with Gasteiger partial charge >= 0.3 is 0 Å². The van der Waals surface area contributed by atoms with Crippen molar-refractivity contribution < 1.29 is 4.42 Å². The predicted octanol–water partition coefficient (Wildman–Crippen LogP) is 15.5. The van der Waals surface area contributed by atoms with Crippen LogP contribution >= 0.6 is 0 Å². The minimum Gasteiger partial charge on any atom is -0.455 e. The number of anilines is 3. The van der Waals surface area contributed by atoms with E-state index in [9.17, 15) is 0 Å². The van der Waals surface area contributed by atoms with Gasteiger partial charge in [-0.2, -0.15) is 0 Å². The average molecular weight is 730 g/mol. The lowest BCUT2D eigenvalue weighted by Crippen LogP contribution is -2.17. The van der Waals surface area contributed by atoms with Gasteiger partial charge < -0.3 is 9.32 Å². The van der Waals surface area contributed by atoms with Crippen LogP contribution in [0.1, 0.15) is 25.0 Å². The molecule has 0 saturated carbocycles. The summed E-state index contributed by atoms with van der Waals surface area (Å²) in [4.78, 5) is 2.47. The van der Waals surface area contributed by atoms with Crippen LogP contribution in [0, 0.1) is 0 Å². The molecule has 0 fully saturated rings. The SMILES string of the molecule is CC1(C)c2ccccc2-c2ccc(N(c3cc(-c4ccc5ccccc5c4)c4oc5ccccc5c4c3)c3ccc(-c4ccccc4)cc3-c3ccccc3)cc21. The van der Waals surface area contributed by atoms with E-state index in [1.165, 1.54) is 44.2 Å². The smallest absolute Gasteiger partial charge is 0.143 e. The van der Waals surface area contributed by atoms with Crippen LogP contribution in [0.15, 0.2) is 205 Å². The van der Waals surface area contributed by atoms with Gasteiger partial charge in [0.15, 0.2) is 0 Å². The Kier molecular flexibility index (Phi) is 7.55. The van der Waals surface area contributed by atoms with Gasteiger partial charge in [-0.3, -0.25) is 0 Å². The zero-order valence-corrected chi connectivity index (χ0v) is 31.9. The minimum atomic E-state index is -0.159. The zero-order chi connectivity index (χ0) is 38.1. The molecular weight excluding hydrogens is 691 g/mol. The molecule has 1 aromatic heterocycles. The highest BCUT2D eigenvalue weighted by Crippen LogP contribution is 2.52. The molecule has 0 atom stereocenters. The van der Waals surface area contributed by atoms with E-state index in [1.54, 1.807) is 0 Å². The Labute approximate surface area is 332 Å². The fraction of sp³-hybridized carbons (Fsp3) is 0.0545. The number of rotatable bonds is 6. The molecule has 0 unspecified atom stereocenters. The summed E-state index contributed by atoms with van der Waals surface area (Å²) >= 11 is 0. The molecule has 0 spiro atoms. The molecule has 1 aliphatic carbocycles. The summed E-state index contributed by atoms with van der Waals surface area (Å²) in [6.45, 7) is 4.72. The van der Waals surface area contributed by atoms with Crippen LogP contribution in [0.5, 0.6) is 0 Å². The third kappa shape index (κ3) is 5.40. The molecule has 57 heavy (non-hydrogen) atoms. The van der Waals surface area contributed by atoms with Crippen LogP contribution in [-0.2, 0) is 5.41 Å². The molecule has 1 aliphatic rings. The third-order valence-electron chi connectivity index (χ3n) is 12.0. The van der Waals surface area contributed by atoms with E-state index in [2.05, 4.69) is 219 Å². The molecule has 270 valence electrons. The number of hydrogen-bond donors (Lipinski definition) is 0. The Hall–Kier alpha value is -7.16. The fourth-order valence-electron chi connectivity index (χ4n) is 9.16. The Morgan fingerprint density at radius 3 is 1.91 bits per heavy atom. The largest absolute Gasteiger partial charge is 0.455 e. The van der Waals surface area contributed by atoms with Crippen molar-refractivity contribution in [3.8, 4) is 44.5 Å². The molecule has 1 heterocycles. The summed E-state index contributed by atoms with van der Waals surface area (Å²) < 4.78 is 6.76. The highest BCUT2D eigenvalue weighted by atomic mass is 16.3. The zero-order valence-electron chi connectivity index (χ0n) is 31.9. The molecular formula is C55H39NO. The van der Waals surface area contributed by atoms with Gasteiger partial charge in [-0.15, -0.1) is 0 Å². The average Bonchev–Trinajstić information content (AvgIpc) is 3.75. The first-order valence-corrected chi connectivity index (χ1v) is 19.8. The van der Waals surface area contributed by atoms with Crippen molar-refractivity contribution in [3.05, 3.63) is 211 Å². The Bertz CT molecular complexity index is 3150. The first-order valence-electron chi connectivity index (χ1n) is 19.8. The maximum Gasteiger partial charge on any atom is 0.143 e. The van der Waals surface area contributed by atoms with Gasteiger partial charge in [-0.25, -0.2) is 0 Å². The van der Waals surface area contributed by atoms with E-state index in [4.69, 9.17) is 4.42 Å². The summed E-state index contributed by atoms with van der Waals surface area (Å²) in [7, 11) is 0. The Morgan fingerprint density at radius 1 is 0.386 bits per heavy atom. The topological polar surface area (TPSA) is 16.4 Å². The molecule has 2 nitrogen and oxygen atoms in total. The summed E-state index contributed by atoms with van der Waals surface area (Å²) in [5.41, 5.74) is 17.1. The van der Waals surface area contributed by atoms with E-state index in [-0.39, 0.29) is 5.41 Å². The van der Waals surface area contributed by atoms with Crippen molar-refractivity contribution in [2.75, 3.05) is 4.90 Å². The van der Waals surface area contributed by atoms with Gasteiger partial charge in [0.25, 0.3) is 0 Å². The monoisotopic (exact) mass is 729 g/mol. The molecule has 9 aromatic carbocycles. The van der Waals surface area contributed by atoms with Crippen LogP contribution in [0.2, 0.25) is 0 Å². The summed E-state index contributed by atoms with van der Waals surface area (Å²) in [5.74, 6) is 0. The van der Waals surface area contributed by atoms with Gasteiger partial charge in [0.05, 0.1) is 5.69 Å². The number of benzene rings is 9. The fourth-order valence-corrected chi connectivity index (χ4v) is 9.16. The van der Waals surface area contributed by atoms with E-state index >= 15 is 0 Å². The van der Waals surface area contributed by atoms with Crippen molar-refractivity contribution in [2.45, 2.75) is 19.3 Å². The summed E-state index contributed by atoms with van der Waals surface area (Å²) in [6.07, 6.45) is 0. The van der Waals surface area contributed by atoms with E-state index in [0.717, 1.165) is 61.3 Å². The quantitative estimate of drug-likeness (QED) is 0.169. The number of furan rings is 1. The van der Waals surface area contributed by atoms with E-state index < -0.39 is 0 Å². The standard InChI is InChI=1S/C55H39NO/c1-55(2)50-23-13-11-21-44(50)45-29-28-42(35-51(45)55)56(52-30-27-40(36-15-5-3-6-16-36)32-47(52)38-18-7-4-8-19-38)43-33-48(41-26-25-37-17-9-10-20-39(37)31-41)54-49(34-43)46-22-12-14-24-53(46)57-54/h3-35H,1-2H3. The first kappa shape index (κ1) is 33.2. The molecule has 10 aromatic rings. The van der Waals surface area contributed by atoms with Crippen molar-refractivity contribution in [1.82, 2.24) is 0 Å². The maximum atomic E-state index is 6.76. The lowest BCUT2D eigenvalue weighted by molar-refractivity contribution is 0.660.